The second-order valence-electron chi connectivity index (χ2n) is 7.83. The van der Waals surface area contributed by atoms with E-state index in [-0.39, 0.29) is 11.6 Å². The van der Waals surface area contributed by atoms with Crippen molar-refractivity contribution < 1.29 is 0 Å². The van der Waals surface area contributed by atoms with Crippen molar-refractivity contribution in [1.29, 1.82) is 0 Å². The van der Waals surface area contributed by atoms with Crippen molar-refractivity contribution in [2.24, 2.45) is 0 Å². The van der Waals surface area contributed by atoms with Gasteiger partial charge in [-0.3, -0.25) is 4.79 Å². The summed E-state index contributed by atoms with van der Waals surface area (Å²) in [7, 11) is 0. The maximum absolute atomic E-state index is 12.7. The molecule has 0 radical (unpaired) electrons. The first-order valence-electron chi connectivity index (χ1n) is 10.7. The van der Waals surface area contributed by atoms with Crippen LogP contribution >= 0.6 is 0 Å². The second kappa shape index (κ2) is 9.08. The molecule has 2 heterocycles. The Morgan fingerprint density at radius 2 is 1.63 bits per heavy atom. The fourth-order valence-corrected chi connectivity index (χ4v) is 4.04. The van der Waals surface area contributed by atoms with Gasteiger partial charge >= 0.3 is 0 Å². The third kappa shape index (κ3) is 4.35. The summed E-state index contributed by atoms with van der Waals surface area (Å²) in [4.78, 5) is 25.1. The molecule has 1 N–H and O–H groups in total. The smallest absolute Gasteiger partial charge is 0.279 e. The third-order valence-electron chi connectivity index (χ3n) is 5.57. The second-order valence-corrected chi connectivity index (χ2v) is 7.83. The van der Waals surface area contributed by atoms with Crippen molar-refractivity contribution in [3.8, 4) is 0 Å². The maximum Gasteiger partial charge on any atom is 0.279 e. The number of fused-ring (bicyclic) bond motifs is 1. The Balaban J connectivity index is 1.61. The predicted molar refractivity (Wildman–Crippen MR) is 121 cm³/mol. The highest BCUT2D eigenvalue weighted by Gasteiger charge is 2.19. The van der Waals surface area contributed by atoms with E-state index < -0.39 is 0 Å². The van der Waals surface area contributed by atoms with Crippen molar-refractivity contribution in [2.45, 2.75) is 52.0 Å². The SMILES string of the molecule is CCc1nc2c(=O)[nH]c(Cc3ccccc3)nc2n1C(C)CCCc1ccccc1. The zero-order chi connectivity index (χ0) is 20.9. The van der Waals surface area contributed by atoms with Crippen molar-refractivity contribution in [2.75, 3.05) is 0 Å². The molecule has 4 aromatic rings. The lowest BCUT2D eigenvalue weighted by Crippen LogP contribution is -2.15. The highest BCUT2D eigenvalue weighted by molar-refractivity contribution is 5.70. The number of imidazole rings is 1. The number of nitrogens with zero attached hydrogens (tertiary/aromatic N) is 3. The van der Waals surface area contributed by atoms with Crippen LogP contribution in [0.2, 0.25) is 0 Å². The van der Waals surface area contributed by atoms with E-state index in [2.05, 4.69) is 52.6 Å². The number of aromatic nitrogens is 4. The van der Waals surface area contributed by atoms with E-state index in [0.29, 0.717) is 23.4 Å². The highest BCUT2D eigenvalue weighted by Crippen LogP contribution is 2.23. The number of hydrogen-bond donors (Lipinski definition) is 1. The van der Waals surface area contributed by atoms with Crippen LogP contribution < -0.4 is 5.56 Å². The fourth-order valence-electron chi connectivity index (χ4n) is 4.04. The number of aromatic amines is 1. The number of hydrogen-bond acceptors (Lipinski definition) is 3. The highest BCUT2D eigenvalue weighted by atomic mass is 16.1. The Kier molecular flexibility index (Phi) is 6.07. The van der Waals surface area contributed by atoms with E-state index in [9.17, 15) is 4.79 Å². The van der Waals surface area contributed by atoms with Gasteiger partial charge in [-0.25, -0.2) is 9.97 Å². The Hall–Kier alpha value is -3.21. The van der Waals surface area contributed by atoms with Gasteiger partial charge in [0.25, 0.3) is 5.56 Å². The Bertz CT molecular complexity index is 1160. The molecule has 0 saturated heterocycles. The van der Waals surface area contributed by atoms with Crippen LogP contribution in [-0.2, 0) is 19.3 Å². The van der Waals surface area contributed by atoms with Crippen LogP contribution in [-0.4, -0.2) is 19.5 Å². The van der Waals surface area contributed by atoms with Gasteiger partial charge in [0.05, 0.1) is 0 Å². The molecule has 2 aromatic heterocycles. The summed E-state index contributed by atoms with van der Waals surface area (Å²) in [6.07, 6.45) is 4.50. The first kappa shape index (κ1) is 20.1. The minimum absolute atomic E-state index is 0.157. The summed E-state index contributed by atoms with van der Waals surface area (Å²) in [5.74, 6) is 1.60. The molecule has 0 fully saturated rings. The molecule has 2 aromatic carbocycles. The molecule has 5 heteroatoms. The lowest BCUT2D eigenvalue weighted by molar-refractivity contribution is 0.482. The van der Waals surface area contributed by atoms with E-state index in [1.807, 2.05) is 36.4 Å². The number of nitrogens with one attached hydrogen (secondary N) is 1. The van der Waals surface area contributed by atoms with Crippen LogP contribution in [0.4, 0.5) is 0 Å². The van der Waals surface area contributed by atoms with Crippen LogP contribution in [0.3, 0.4) is 0 Å². The number of rotatable bonds is 8. The van der Waals surface area contributed by atoms with Gasteiger partial charge in [-0.2, -0.15) is 0 Å². The summed E-state index contributed by atoms with van der Waals surface area (Å²) < 4.78 is 2.17. The standard InChI is InChI=1S/C25H28N4O/c1-3-22-28-23-24(26-21(27-25(23)30)17-20-14-8-5-9-15-20)29(22)18(2)11-10-16-19-12-6-4-7-13-19/h4-9,12-15,18H,3,10-11,16-17H2,1-2H3,(H,26,27,30). The first-order chi connectivity index (χ1) is 14.7. The van der Waals surface area contributed by atoms with Crippen molar-refractivity contribution in [3.63, 3.8) is 0 Å². The number of aryl methyl sites for hydroxylation is 2. The largest absolute Gasteiger partial charge is 0.310 e. The van der Waals surface area contributed by atoms with E-state index in [1.165, 1.54) is 5.56 Å². The topological polar surface area (TPSA) is 63.6 Å². The van der Waals surface area contributed by atoms with E-state index in [1.54, 1.807) is 0 Å². The third-order valence-corrected chi connectivity index (χ3v) is 5.57. The monoisotopic (exact) mass is 400 g/mol. The molecule has 0 aliphatic heterocycles. The molecule has 0 amide bonds. The molecular weight excluding hydrogens is 372 g/mol. The average molecular weight is 401 g/mol. The van der Waals surface area contributed by atoms with E-state index in [0.717, 1.165) is 37.1 Å². The first-order valence-corrected chi connectivity index (χ1v) is 10.7. The van der Waals surface area contributed by atoms with Crippen LogP contribution in [0.15, 0.2) is 65.5 Å². The zero-order valence-corrected chi connectivity index (χ0v) is 17.6. The Labute approximate surface area is 176 Å². The van der Waals surface area contributed by atoms with Crippen LogP contribution in [0.25, 0.3) is 11.2 Å². The molecule has 1 atom stereocenters. The van der Waals surface area contributed by atoms with Gasteiger partial charge in [0.1, 0.15) is 11.6 Å². The van der Waals surface area contributed by atoms with Gasteiger partial charge < -0.3 is 9.55 Å². The minimum Gasteiger partial charge on any atom is -0.310 e. The summed E-state index contributed by atoms with van der Waals surface area (Å²) >= 11 is 0. The molecule has 154 valence electrons. The van der Waals surface area contributed by atoms with Gasteiger partial charge in [0, 0.05) is 18.9 Å². The lowest BCUT2D eigenvalue weighted by Gasteiger charge is -2.17. The molecule has 4 rings (SSSR count). The van der Waals surface area contributed by atoms with Crippen molar-refractivity contribution in [3.05, 3.63) is 93.8 Å². The lowest BCUT2D eigenvalue weighted by atomic mass is 10.1. The van der Waals surface area contributed by atoms with Crippen molar-refractivity contribution in [1.82, 2.24) is 19.5 Å². The quantitative estimate of drug-likeness (QED) is 0.459. The Morgan fingerprint density at radius 1 is 0.967 bits per heavy atom. The molecule has 0 spiro atoms. The summed E-state index contributed by atoms with van der Waals surface area (Å²) in [6.45, 7) is 4.28. The zero-order valence-electron chi connectivity index (χ0n) is 17.6. The van der Waals surface area contributed by atoms with E-state index >= 15 is 0 Å². The van der Waals surface area contributed by atoms with Crippen LogP contribution in [0.5, 0.6) is 0 Å². The van der Waals surface area contributed by atoms with Crippen LogP contribution in [0, 0.1) is 0 Å². The fraction of sp³-hybridized carbons (Fsp3) is 0.320. The molecule has 0 aliphatic carbocycles. The number of benzene rings is 2. The van der Waals surface area contributed by atoms with Crippen molar-refractivity contribution >= 4 is 11.2 Å². The van der Waals surface area contributed by atoms with Gasteiger partial charge in [-0.1, -0.05) is 67.6 Å². The summed E-state index contributed by atoms with van der Waals surface area (Å²) in [5.41, 5.74) is 3.47. The van der Waals surface area contributed by atoms with Crippen LogP contribution in [0.1, 0.15) is 55.5 Å². The van der Waals surface area contributed by atoms with Gasteiger partial charge in [0.2, 0.25) is 0 Å². The molecule has 0 saturated carbocycles. The molecule has 1 unspecified atom stereocenters. The predicted octanol–water partition coefficient (Wildman–Crippen LogP) is 4.86. The molecule has 0 aliphatic rings. The van der Waals surface area contributed by atoms with E-state index in [4.69, 9.17) is 4.98 Å². The average Bonchev–Trinajstić information content (AvgIpc) is 3.14. The van der Waals surface area contributed by atoms with Gasteiger partial charge in [-0.05, 0) is 37.3 Å². The molecule has 30 heavy (non-hydrogen) atoms. The Morgan fingerprint density at radius 3 is 2.30 bits per heavy atom. The maximum atomic E-state index is 12.7. The van der Waals surface area contributed by atoms with Gasteiger partial charge in [-0.15, -0.1) is 0 Å². The summed E-state index contributed by atoms with van der Waals surface area (Å²) in [5, 5.41) is 0. The minimum atomic E-state index is -0.157. The van der Waals surface area contributed by atoms with Gasteiger partial charge in [0.15, 0.2) is 11.2 Å². The molecule has 0 bridgehead atoms. The molecular formula is C25H28N4O. The summed E-state index contributed by atoms with van der Waals surface area (Å²) in [6, 6.07) is 20.9. The normalized spacial score (nSPS) is 12.3. The number of H-pyrrole nitrogens is 1. The molecule has 5 nitrogen and oxygen atoms in total.